The molecule has 0 saturated carbocycles. The molecule has 102 valence electrons. The van der Waals surface area contributed by atoms with Crippen LogP contribution in [0.25, 0.3) is 0 Å². The van der Waals surface area contributed by atoms with E-state index in [4.69, 9.17) is 9.47 Å². The van der Waals surface area contributed by atoms with E-state index >= 15 is 0 Å². The van der Waals surface area contributed by atoms with Gasteiger partial charge in [0.2, 0.25) is 5.91 Å². The van der Waals surface area contributed by atoms with E-state index in [2.05, 4.69) is 10.6 Å². The molecule has 1 fully saturated rings. The first-order valence-corrected chi connectivity index (χ1v) is 6.52. The van der Waals surface area contributed by atoms with Crippen molar-refractivity contribution in [1.82, 2.24) is 10.6 Å². The van der Waals surface area contributed by atoms with Gasteiger partial charge in [-0.1, -0.05) is 18.2 Å². The standard InChI is InChI=1S/C14H18N2O3/c1-14(8-15-9-14)19-7-13(17)16-11-6-18-12-5-3-2-4-10(11)12/h2-5,11,15H,6-9H2,1H3,(H,16,17). The van der Waals surface area contributed by atoms with Crippen LogP contribution in [0, 0.1) is 0 Å². The summed E-state index contributed by atoms with van der Waals surface area (Å²) in [5.74, 6) is 0.752. The Morgan fingerprint density at radius 2 is 2.32 bits per heavy atom. The normalized spacial score (nSPS) is 23.1. The number of hydrogen-bond acceptors (Lipinski definition) is 4. The Morgan fingerprint density at radius 3 is 3.05 bits per heavy atom. The molecular formula is C14H18N2O3. The number of fused-ring (bicyclic) bond motifs is 1. The first kappa shape index (κ1) is 12.4. The Labute approximate surface area is 112 Å². The number of ether oxygens (including phenoxy) is 2. The van der Waals surface area contributed by atoms with Gasteiger partial charge in [0.05, 0.1) is 11.6 Å². The lowest BCUT2D eigenvalue weighted by molar-refractivity contribution is -0.136. The molecule has 2 aliphatic rings. The summed E-state index contributed by atoms with van der Waals surface area (Å²) in [7, 11) is 0. The SMILES string of the molecule is CC1(OCC(=O)NC2COc3ccccc32)CNC1. The van der Waals surface area contributed by atoms with Gasteiger partial charge in [0.1, 0.15) is 19.0 Å². The number of benzene rings is 1. The van der Waals surface area contributed by atoms with Gasteiger partial charge in [0.15, 0.2) is 0 Å². The van der Waals surface area contributed by atoms with Crippen LogP contribution >= 0.6 is 0 Å². The molecule has 1 aromatic carbocycles. The molecule has 5 nitrogen and oxygen atoms in total. The van der Waals surface area contributed by atoms with Gasteiger partial charge in [-0.2, -0.15) is 0 Å². The molecule has 1 atom stereocenters. The number of nitrogens with one attached hydrogen (secondary N) is 2. The van der Waals surface area contributed by atoms with E-state index < -0.39 is 0 Å². The molecule has 19 heavy (non-hydrogen) atoms. The number of carbonyl (C=O) groups excluding carboxylic acids is 1. The Hall–Kier alpha value is -1.59. The number of para-hydroxylation sites is 1. The molecule has 0 radical (unpaired) electrons. The zero-order chi connectivity index (χ0) is 13.3. The molecule has 1 saturated heterocycles. The maximum Gasteiger partial charge on any atom is 0.246 e. The second kappa shape index (κ2) is 4.83. The van der Waals surface area contributed by atoms with Gasteiger partial charge in [-0.15, -0.1) is 0 Å². The number of amides is 1. The number of carbonyl (C=O) groups is 1. The van der Waals surface area contributed by atoms with Gasteiger partial charge in [0.25, 0.3) is 0 Å². The number of hydrogen-bond donors (Lipinski definition) is 2. The van der Waals surface area contributed by atoms with Crippen LogP contribution in [0.3, 0.4) is 0 Å². The second-order valence-corrected chi connectivity index (χ2v) is 5.31. The highest BCUT2D eigenvalue weighted by Crippen LogP contribution is 2.31. The lowest BCUT2D eigenvalue weighted by Gasteiger charge is -2.38. The van der Waals surface area contributed by atoms with E-state index in [-0.39, 0.29) is 24.2 Å². The summed E-state index contributed by atoms with van der Waals surface area (Å²) >= 11 is 0. The lowest BCUT2D eigenvalue weighted by atomic mass is 10.0. The van der Waals surface area contributed by atoms with Gasteiger partial charge in [-0.3, -0.25) is 4.79 Å². The van der Waals surface area contributed by atoms with E-state index in [1.165, 1.54) is 0 Å². The van der Waals surface area contributed by atoms with Gasteiger partial charge in [-0.25, -0.2) is 0 Å². The summed E-state index contributed by atoms with van der Waals surface area (Å²) < 4.78 is 11.1. The fourth-order valence-corrected chi connectivity index (χ4v) is 2.34. The predicted octanol–water partition coefficient (Wildman–Crippen LogP) is 0.615. The van der Waals surface area contributed by atoms with Crippen molar-refractivity contribution < 1.29 is 14.3 Å². The second-order valence-electron chi connectivity index (χ2n) is 5.31. The van der Waals surface area contributed by atoms with Crippen LogP contribution in [0.5, 0.6) is 5.75 Å². The Balaban J connectivity index is 1.53. The summed E-state index contributed by atoms with van der Waals surface area (Å²) in [6, 6.07) is 7.70. The molecule has 3 rings (SSSR count). The molecule has 0 spiro atoms. The van der Waals surface area contributed by atoms with Crippen LogP contribution in [0.4, 0.5) is 0 Å². The van der Waals surface area contributed by atoms with Crippen molar-refractivity contribution in [2.75, 3.05) is 26.3 Å². The lowest BCUT2D eigenvalue weighted by Crippen LogP contribution is -2.59. The maximum atomic E-state index is 11.9. The molecule has 0 aromatic heterocycles. The summed E-state index contributed by atoms with van der Waals surface area (Å²) in [6.07, 6.45) is 0. The highest BCUT2D eigenvalue weighted by Gasteiger charge is 2.33. The topological polar surface area (TPSA) is 59.6 Å². The van der Waals surface area contributed by atoms with Crippen molar-refractivity contribution in [2.24, 2.45) is 0 Å². The molecule has 2 heterocycles. The zero-order valence-electron chi connectivity index (χ0n) is 10.9. The molecular weight excluding hydrogens is 244 g/mol. The van der Waals surface area contributed by atoms with E-state index in [0.717, 1.165) is 24.4 Å². The largest absolute Gasteiger partial charge is 0.491 e. The average molecular weight is 262 g/mol. The zero-order valence-corrected chi connectivity index (χ0v) is 10.9. The first-order valence-electron chi connectivity index (χ1n) is 6.52. The molecule has 1 amide bonds. The van der Waals surface area contributed by atoms with Crippen molar-refractivity contribution >= 4 is 5.91 Å². The minimum Gasteiger partial charge on any atom is -0.491 e. The van der Waals surface area contributed by atoms with E-state index in [1.54, 1.807) is 0 Å². The quantitative estimate of drug-likeness (QED) is 0.835. The third-order valence-electron chi connectivity index (χ3n) is 3.58. The molecule has 0 bridgehead atoms. The van der Waals surface area contributed by atoms with Crippen molar-refractivity contribution in [3.63, 3.8) is 0 Å². The van der Waals surface area contributed by atoms with Crippen LogP contribution < -0.4 is 15.4 Å². The maximum absolute atomic E-state index is 11.9. The minimum absolute atomic E-state index is 0.0698. The Bertz CT molecular complexity index is 485. The number of rotatable bonds is 4. The fourth-order valence-electron chi connectivity index (χ4n) is 2.34. The monoisotopic (exact) mass is 262 g/mol. The van der Waals surface area contributed by atoms with Crippen molar-refractivity contribution in [3.8, 4) is 5.75 Å². The first-order chi connectivity index (χ1) is 9.16. The Kier molecular flexibility index (Phi) is 3.16. The third kappa shape index (κ3) is 2.57. The van der Waals surface area contributed by atoms with Crippen molar-refractivity contribution in [3.05, 3.63) is 29.8 Å². The highest BCUT2D eigenvalue weighted by molar-refractivity contribution is 5.78. The fraction of sp³-hybridized carbons (Fsp3) is 0.500. The predicted molar refractivity (Wildman–Crippen MR) is 70.0 cm³/mol. The summed E-state index contributed by atoms with van der Waals surface area (Å²) in [4.78, 5) is 11.9. The summed E-state index contributed by atoms with van der Waals surface area (Å²) in [6.45, 7) is 4.19. The molecule has 2 N–H and O–H groups in total. The molecule has 5 heteroatoms. The molecule has 0 aliphatic carbocycles. The smallest absolute Gasteiger partial charge is 0.246 e. The van der Waals surface area contributed by atoms with Crippen LogP contribution in [0.1, 0.15) is 18.5 Å². The van der Waals surface area contributed by atoms with E-state index in [0.29, 0.717) is 6.61 Å². The molecule has 1 unspecified atom stereocenters. The molecule has 2 aliphatic heterocycles. The molecule has 1 aromatic rings. The van der Waals surface area contributed by atoms with Gasteiger partial charge in [-0.05, 0) is 13.0 Å². The van der Waals surface area contributed by atoms with Crippen LogP contribution in [0.2, 0.25) is 0 Å². The average Bonchev–Trinajstić information content (AvgIpc) is 2.78. The van der Waals surface area contributed by atoms with Crippen molar-refractivity contribution in [2.45, 2.75) is 18.6 Å². The Morgan fingerprint density at radius 1 is 1.53 bits per heavy atom. The van der Waals surface area contributed by atoms with Crippen LogP contribution in [-0.2, 0) is 9.53 Å². The summed E-state index contributed by atoms with van der Waals surface area (Å²) in [5, 5.41) is 6.08. The highest BCUT2D eigenvalue weighted by atomic mass is 16.5. The van der Waals surface area contributed by atoms with E-state index in [1.807, 2.05) is 31.2 Å². The van der Waals surface area contributed by atoms with Gasteiger partial charge >= 0.3 is 0 Å². The van der Waals surface area contributed by atoms with Crippen molar-refractivity contribution in [1.29, 1.82) is 0 Å². The van der Waals surface area contributed by atoms with Crippen LogP contribution in [-0.4, -0.2) is 37.8 Å². The van der Waals surface area contributed by atoms with E-state index in [9.17, 15) is 4.79 Å². The third-order valence-corrected chi connectivity index (χ3v) is 3.58. The summed E-state index contributed by atoms with van der Waals surface area (Å²) in [5.41, 5.74) is 0.842. The minimum atomic E-state index is -0.193. The van der Waals surface area contributed by atoms with Crippen LogP contribution in [0.15, 0.2) is 24.3 Å². The van der Waals surface area contributed by atoms with Gasteiger partial charge in [0, 0.05) is 18.7 Å². The van der Waals surface area contributed by atoms with Gasteiger partial charge < -0.3 is 20.1 Å².